The van der Waals surface area contributed by atoms with Gasteiger partial charge in [0, 0.05) is 35.7 Å². The maximum atomic E-state index is 12.1. The number of ether oxygens (including phenoxy) is 1. The fourth-order valence-corrected chi connectivity index (χ4v) is 2.99. The minimum absolute atomic E-state index is 0.150. The molecule has 0 aromatic rings. The van der Waals surface area contributed by atoms with E-state index in [1.54, 1.807) is 0 Å². The van der Waals surface area contributed by atoms with Gasteiger partial charge >= 0.3 is 5.97 Å². The summed E-state index contributed by atoms with van der Waals surface area (Å²) in [4.78, 5) is 11.6. The van der Waals surface area contributed by atoms with Crippen molar-refractivity contribution in [2.45, 2.75) is 70.6 Å². The number of alkyl halides is 1. The van der Waals surface area contributed by atoms with Gasteiger partial charge in [-0.05, 0) is 34.1 Å². The first-order valence-corrected chi connectivity index (χ1v) is 7.54. The average Bonchev–Trinajstić information content (AvgIpc) is 2.22. The van der Waals surface area contributed by atoms with E-state index < -0.39 is 11.1 Å². The Bertz CT molecular complexity index is 287. The molecule has 0 aliphatic carbocycles. The Morgan fingerprint density at radius 1 is 1.28 bits per heavy atom. The van der Waals surface area contributed by atoms with Crippen LogP contribution >= 0.6 is 15.9 Å². The minimum Gasteiger partial charge on any atom is -0.462 e. The highest BCUT2D eigenvalue weighted by atomic mass is 79.9. The molecule has 1 fully saturated rings. The van der Waals surface area contributed by atoms with Crippen molar-refractivity contribution >= 4 is 21.9 Å². The van der Waals surface area contributed by atoms with Gasteiger partial charge in [0.2, 0.25) is 0 Å². The highest BCUT2D eigenvalue weighted by Crippen LogP contribution is 2.38. The molecule has 1 saturated heterocycles. The fourth-order valence-electron chi connectivity index (χ4n) is 2.71. The lowest BCUT2D eigenvalue weighted by Gasteiger charge is -2.49. The smallest absolute Gasteiger partial charge is 0.306 e. The highest BCUT2D eigenvalue weighted by molar-refractivity contribution is 9.09. The van der Waals surface area contributed by atoms with E-state index in [-0.39, 0.29) is 12.1 Å². The third-order valence-electron chi connectivity index (χ3n) is 3.37. The van der Waals surface area contributed by atoms with E-state index >= 15 is 0 Å². The van der Waals surface area contributed by atoms with Crippen molar-refractivity contribution in [1.82, 2.24) is 5.06 Å². The van der Waals surface area contributed by atoms with Crippen LogP contribution in [0.1, 0.15) is 53.4 Å². The normalized spacial score (nSPS) is 23.9. The van der Waals surface area contributed by atoms with Crippen molar-refractivity contribution in [3.8, 4) is 0 Å². The molecule has 0 amide bonds. The van der Waals surface area contributed by atoms with Gasteiger partial charge < -0.3 is 4.74 Å². The third-order valence-corrected chi connectivity index (χ3v) is 3.93. The molecule has 1 aliphatic heterocycles. The van der Waals surface area contributed by atoms with Gasteiger partial charge in [-0.2, -0.15) is 0 Å². The van der Waals surface area contributed by atoms with Crippen molar-refractivity contribution in [2.24, 2.45) is 0 Å². The van der Waals surface area contributed by atoms with Gasteiger partial charge in [-0.1, -0.05) is 15.9 Å². The van der Waals surface area contributed by atoms with Crippen molar-refractivity contribution in [3.05, 3.63) is 0 Å². The van der Waals surface area contributed by atoms with Crippen LogP contribution in [0.15, 0.2) is 0 Å². The van der Waals surface area contributed by atoms with Gasteiger partial charge in [-0.3, -0.25) is 4.79 Å². The summed E-state index contributed by atoms with van der Waals surface area (Å²) in [5, 5.41) is 14.1. The molecule has 105 valence electrons. The van der Waals surface area contributed by atoms with Crippen LogP contribution in [0.5, 0.6) is 0 Å². The second-order valence-electron chi connectivity index (χ2n) is 6.23. The van der Waals surface area contributed by atoms with Crippen molar-refractivity contribution in [3.63, 3.8) is 0 Å². The first kappa shape index (κ1) is 15.9. The molecule has 0 N–H and O–H groups in total. The van der Waals surface area contributed by atoms with Crippen molar-refractivity contribution in [1.29, 1.82) is 0 Å². The first-order chi connectivity index (χ1) is 8.19. The van der Waals surface area contributed by atoms with Gasteiger partial charge in [0.1, 0.15) is 6.10 Å². The molecule has 1 heterocycles. The van der Waals surface area contributed by atoms with Gasteiger partial charge in [0.15, 0.2) is 0 Å². The molecule has 18 heavy (non-hydrogen) atoms. The zero-order chi connectivity index (χ0) is 14.0. The van der Waals surface area contributed by atoms with E-state index in [4.69, 9.17) is 4.74 Å². The predicted molar refractivity (Wildman–Crippen MR) is 72.8 cm³/mol. The monoisotopic (exact) mass is 320 g/mol. The second-order valence-corrected chi connectivity index (χ2v) is 7.02. The number of carbonyl (C=O) groups is 1. The Hall–Kier alpha value is -0.130. The topological polar surface area (TPSA) is 49.4 Å². The third kappa shape index (κ3) is 3.93. The molecule has 4 nitrogen and oxygen atoms in total. The number of rotatable bonds is 4. The zero-order valence-corrected chi connectivity index (χ0v) is 13.2. The summed E-state index contributed by atoms with van der Waals surface area (Å²) in [6.07, 6.45) is 2.26. The van der Waals surface area contributed by atoms with Crippen LogP contribution in [0.3, 0.4) is 0 Å². The molecule has 0 aromatic heterocycles. The van der Waals surface area contributed by atoms with Gasteiger partial charge in [-0.15, -0.1) is 10.3 Å². The van der Waals surface area contributed by atoms with Crippen LogP contribution in [0, 0.1) is 0 Å². The van der Waals surface area contributed by atoms with E-state index in [1.807, 2.05) is 27.7 Å². The number of hydrogen-bond acceptors (Lipinski definition) is 3. The molecule has 1 radical (unpaired) electrons. The van der Waals surface area contributed by atoms with Gasteiger partial charge in [0.05, 0.1) is 0 Å². The summed E-state index contributed by atoms with van der Waals surface area (Å²) in [5.41, 5.74) is -0.968. The quantitative estimate of drug-likeness (QED) is 0.591. The van der Waals surface area contributed by atoms with E-state index in [9.17, 15) is 10.0 Å². The Morgan fingerprint density at radius 3 is 2.22 bits per heavy atom. The number of esters is 1. The fraction of sp³-hybridized carbons (Fsp3) is 0.923. The molecule has 0 atom stereocenters. The van der Waals surface area contributed by atoms with Crippen molar-refractivity contribution in [2.75, 3.05) is 5.33 Å². The maximum Gasteiger partial charge on any atom is 0.306 e. The zero-order valence-electron chi connectivity index (χ0n) is 11.7. The summed E-state index contributed by atoms with van der Waals surface area (Å²) < 4.78 is 5.49. The van der Waals surface area contributed by atoms with Crippen molar-refractivity contribution < 1.29 is 14.7 Å². The summed E-state index contributed by atoms with van der Waals surface area (Å²) in [6, 6.07) is 0. The Labute approximate surface area is 118 Å². The number of piperidine rings is 1. The largest absolute Gasteiger partial charge is 0.462 e. The number of nitrogens with zero attached hydrogens (tertiary/aromatic N) is 1. The minimum atomic E-state index is -0.484. The lowest BCUT2D eigenvalue weighted by Crippen LogP contribution is -2.60. The number of hydroxylamine groups is 2. The van der Waals surface area contributed by atoms with Crippen LogP contribution in [0.25, 0.3) is 0 Å². The van der Waals surface area contributed by atoms with Gasteiger partial charge in [0.25, 0.3) is 0 Å². The van der Waals surface area contributed by atoms with E-state index in [1.165, 1.54) is 0 Å². The number of halogens is 1. The SMILES string of the molecule is CC1(C)CC(OC(=O)CCCBr)CC(C)(C)N1[O]. The highest BCUT2D eigenvalue weighted by Gasteiger charge is 2.47. The maximum absolute atomic E-state index is 12.1. The molecule has 0 spiro atoms. The standard InChI is InChI=1S/C13H23BrNO3/c1-12(2)8-10(9-13(3,4)15(12)17)18-11(16)6-5-7-14/h10H,5-9H2,1-4H3. The Kier molecular flexibility index (Phi) is 5.21. The lowest BCUT2D eigenvalue weighted by atomic mass is 9.80. The van der Waals surface area contributed by atoms with E-state index in [0.29, 0.717) is 19.3 Å². The summed E-state index contributed by atoms with van der Waals surface area (Å²) in [5.74, 6) is -0.162. The summed E-state index contributed by atoms with van der Waals surface area (Å²) in [7, 11) is 0. The Balaban J connectivity index is 2.61. The number of carbonyl (C=O) groups excluding carboxylic acids is 1. The molecule has 0 saturated carbocycles. The lowest BCUT2D eigenvalue weighted by molar-refractivity contribution is -0.299. The molecular weight excluding hydrogens is 298 g/mol. The first-order valence-electron chi connectivity index (χ1n) is 6.42. The summed E-state index contributed by atoms with van der Waals surface area (Å²) in [6.45, 7) is 7.61. The molecule has 1 aliphatic rings. The molecule has 0 bridgehead atoms. The Morgan fingerprint density at radius 2 is 1.78 bits per heavy atom. The molecule has 0 aromatic carbocycles. The van der Waals surface area contributed by atoms with Crippen LogP contribution in [0.2, 0.25) is 0 Å². The van der Waals surface area contributed by atoms with Crippen LogP contribution in [-0.2, 0) is 14.7 Å². The van der Waals surface area contributed by atoms with E-state index in [2.05, 4.69) is 15.9 Å². The van der Waals surface area contributed by atoms with Gasteiger partial charge in [-0.25, -0.2) is 0 Å². The average molecular weight is 321 g/mol. The predicted octanol–water partition coefficient (Wildman–Crippen LogP) is 3.07. The van der Waals surface area contributed by atoms with Crippen LogP contribution in [-0.4, -0.2) is 33.5 Å². The van der Waals surface area contributed by atoms with E-state index in [0.717, 1.165) is 16.8 Å². The number of hydrogen-bond donors (Lipinski definition) is 0. The summed E-state index contributed by atoms with van der Waals surface area (Å²) >= 11 is 3.29. The van der Waals surface area contributed by atoms with Crippen LogP contribution < -0.4 is 0 Å². The second kappa shape index (κ2) is 5.88. The van der Waals surface area contributed by atoms with Crippen LogP contribution in [0.4, 0.5) is 0 Å². The molecule has 0 unspecified atom stereocenters. The molecule has 1 rings (SSSR count). The molecular formula is C13H23BrNO3. The molecule has 5 heteroatoms.